The number of hydroxylamine groups is 2. The Morgan fingerprint density at radius 2 is 2.33 bits per heavy atom. The van der Waals surface area contributed by atoms with Crippen molar-refractivity contribution >= 4 is 0 Å². The van der Waals surface area contributed by atoms with Crippen molar-refractivity contribution < 1.29 is 14.9 Å². The van der Waals surface area contributed by atoms with Gasteiger partial charge < -0.3 is 10.3 Å². The summed E-state index contributed by atoms with van der Waals surface area (Å²) >= 11 is 0. The maximum absolute atomic E-state index is 10.5. The van der Waals surface area contributed by atoms with E-state index in [9.17, 15) is 10.3 Å². The smallest absolute Gasteiger partial charge is 0.141 e. The Labute approximate surface area is 86.4 Å². The molecular weight excluding hydrogens is 198 g/mol. The predicted molar refractivity (Wildman–Crippen MR) is 48.0 cm³/mol. The van der Waals surface area contributed by atoms with Gasteiger partial charge in [0.15, 0.2) is 0 Å². The second-order valence-corrected chi connectivity index (χ2v) is 4.47. The molecular formula is C9H13N3O3. The van der Waals surface area contributed by atoms with Crippen molar-refractivity contribution in [1.29, 1.82) is 0 Å². The molecule has 2 N–H and O–H groups in total. The molecule has 6 nitrogen and oxygen atoms in total. The highest BCUT2D eigenvalue weighted by Gasteiger charge is 2.55. The second kappa shape index (κ2) is 2.78. The van der Waals surface area contributed by atoms with Gasteiger partial charge in [-0.2, -0.15) is 5.06 Å². The van der Waals surface area contributed by atoms with Crippen LogP contribution in [0.1, 0.15) is 31.2 Å². The molecule has 0 spiro atoms. The minimum absolute atomic E-state index is 0.0670. The molecule has 0 radical (unpaired) electrons. The van der Waals surface area contributed by atoms with Gasteiger partial charge in [-0.25, -0.2) is 4.63 Å². The molecule has 1 aliphatic carbocycles. The Kier molecular flexibility index (Phi) is 1.72. The number of hydrogen-bond acceptors (Lipinski definition) is 6. The van der Waals surface area contributed by atoms with E-state index in [0.29, 0.717) is 25.0 Å². The molecule has 3 atom stereocenters. The standard InChI is InChI=1S/C9H13N3O3/c1-5-4-9(13)7(12(5)14)3-2-6-8(9)11-15-10-6/h5,7,13-14H,2-4H2,1H3/t5-,7-,9+/m0/s1. The second-order valence-electron chi connectivity index (χ2n) is 4.47. The first kappa shape index (κ1) is 9.26. The normalized spacial score (nSPS) is 40.2. The molecule has 1 aliphatic heterocycles. The predicted octanol–water partition coefficient (Wildman–Crippen LogP) is 0.0554. The molecule has 0 bridgehead atoms. The van der Waals surface area contributed by atoms with E-state index in [1.165, 1.54) is 5.06 Å². The van der Waals surface area contributed by atoms with Gasteiger partial charge in [0, 0.05) is 12.5 Å². The lowest BCUT2D eigenvalue weighted by Gasteiger charge is -2.33. The van der Waals surface area contributed by atoms with E-state index < -0.39 is 5.60 Å². The molecule has 6 heteroatoms. The first-order valence-corrected chi connectivity index (χ1v) is 5.14. The average Bonchev–Trinajstić information content (AvgIpc) is 2.72. The molecule has 15 heavy (non-hydrogen) atoms. The molecule has 0 aromatic carbocycles. The highest BCUT2D eigenvalue weighted by Crippen LogP contribution is 2.45. The zero-order valence-electron chi connectivity index (χ0n) is 8.42. The summed E-state index contributed by atoms with van der Waals surface area (Å²) in [4.78, 5) is 0. The third-order valence-electron chi connectivity index (χ3n) is 3.55. The zero-order chi connectivity index (χ0) is 10.6. The van der Waals surface area contributed by atoms with Crippen LogP contribution in [0.3, 0.4) is 0 Å². The summed E-state index contributed by atoms with van der Waals surface area (Å²) < 4.78 is 4.65. The van der Waals surface area contributed by atoms with Gasteiger partial charge in [-0.05, 0) is 19.8 Å². The molecule has 0 amide bonds. The zero-order valence-corrected chi connectivity index (χ0v) is 8.42. The van der Waals surface area contributed by atoms with Crippen LogP contribution in [0.5, 0.6) is 0 Å². The molecule has 1 aromatic rings. The van der Waals surface area contributed by atoms with Crippen LogP contribution in [-0.2, 0) is 12.0 Å². The maximum atomic E-state index is 10.5. The molecule has 0 unspecified atom stereocenters. The Morgan fingerprint density at radius 3 is 3.13 bits per heavy atom. The van der Waals surface area contributed by atoms with E-state index >= 15 is 0 Å². The minimum atomic E-state index is -1.10. The fraction of sp³-hybridized carbons (Fsp3) is 0.778. The highest BCUT2D eigenvalue weighted by atomic mass is 16.6. The van der Waals surface area contributed by atoms with Gasteiger partial charge >= 0.3 is 0 Å². The maximum Gasteiger partial charge on any atom is 0.141 e. The van der Waals surface area contributed by atoms with E-state index in [1.54, 1.807) is 0 Å². The number of rotatable bonds is 0. The summed E-state index contributed by atoms with van der Waals surface area (Å²) in [5, 5.41) is 29.1. The third kappa shape index (κ3) is 1.04. The van der Waals surface area contributed by atoms with E-state index in [2.05, 4.69) is 14.9 Å². The van der Waals surface area contributed by atoms with E-state index in [1.807, 2.05) is 6.92 Å². The molecule has 3 rings (SSSR count). The first-order valence-electron chi connectivity index (χ1n) is 5.14. The van der Waals surface area contributed by atoms with Gasteiger partial charge in [0.1, 0.15) is 17.0 Å². The van der Waals surface area contributed by atoms with Crippen LogP contribution in [0.15, 0.2) is 4.63 Å². The highest BCUT2D eigenvalue weighted by molar-refractivity contribution is 5.26. The van der Waals surface area contributed by atoms with Crippen molar-refractivity contribution in [3.05, 3.63) is 11.4 Å². The van der Waals surface area contributed by atoms with Crippen molar-refractivity contribution in [2.24, 2.45) is 0 Å². The van der Waals surface area contributed by atoms with Crippen LogP contribution < -0.4 is 0 Å². The third-order valence-corrected chi connectivity index (χ3v) is 3.55. The number of aryl methyl sites for hydroxylation is 1. The summed E-state index contributed by atoms with van der Waals surface area (Å²) in [5.41, 5.74) is 0.125. The van der Waals surface area contributed by atoms with Gasteiger partial charge in [-0.3, -0.25) is 0 Å². The molecule has 1 aromatic heterocycles. The van der Waals surface area contributed by atoms with Crippen LogP contribution in [0.2, 0.25) is 0 Å². The molecule has 1 fully saturated rings. The molecule has 82 valence electrons. The Balaban J connectivity index is 2.10. The first-order chi connectivity index (χ1) is 7.13. The fourth-order valence-corrected chi connectivity index (χ4v) is 2.80. The van der Waals surface area contributed by atoms with E-state index in [-0.39, 0.29) is 12.1 Å². The van der Waals surface area contributed by atoms with E-state index in [4.69, 9.17) is 0 Å². The summed E-state index contributed by atoms with van der Waals surface area (Å²) in [7, 11) is 0. The van der Waals surface area contributed by atoms with Crippen molar-refractivity contribution in [3.8, 4) is 0 Å². The molecule has 2 aliphatic rings. The molecule has 1 saturated heterocycles. The van der Waals surface area contributed by atoms with Crippen molar-refractivity contribution in [3.63, 3.8) is 0 Å². The SMILES string of the molecule is C[C@H]1C[C@]2(O)c3nonc3CC[C@@H]2N1O. The van der Waals surface area contributed by atoms with Crippen molar-refractivity contribution in [2.75, 3.05) is 0 Å². The topological polar surface area (TPSA) is 82.6 Å². The van der Waals surface area contributed by atoms with Gasteiger partial charge in [0.05, 0.1) is 6.04 Å². The van der Waals surface area contributed by atoms with Crippen molar-refractivity contribution in [1.82, 2.24) is 15.4 Å². The van der Waals surface area contributed by atoms with E-state index in [0.717, 1.165) is 5.69 Å². The van der Waals surface area contributed by atoms with Crippen LogP contribution in [0.25, 0.3) is 0 Å². The quantitative estimate of drug-likeness (QED) is 0.631. The summed E-state index contributed by atoms with van der Waals surface area (Å²) in [6.45, 7) is 1.88. The number of hydrogen-bond donors (Lipinski definition) is 2. The van der Waals surface area contributed by atoms with Gasteiger partial charge in [0.25, 0.3) is 0 Å². The van der Waals surface area contributed by atoms with Crippen LogP contribution in [0, 0.1) is 0 Å². The van der Waals surface area contributed by atoms with Crippen molar-refractivity contribution in [2.45, 2.75) is 43.9 Å². The van der Waals surface area contributed by atoms with Crippen LogP contribution >= 0.6 is 0 Å². The molecule has 0 saturated carbocycles. The lowest BCUT2D eigenvalue weighted by Crippen LogP contribution is -2.45. The Morgan fingerprint density at radius 1 is 1.53 bits per heavy atom. The summed E-state index contributed by atoms with van der Waals surface area (Å²) in [6, 6.07) is -0.352. The number of nitrogens with zero attached hydrogens (tertiary/aromatic N) is 3. The summed E-state index contributed by atoms with van der Waals surface area (Å²) in [6.07, 6.45) is 1.84. The Hall–Kier alpha value is -0.980. The lowest BCUT2D eigenvalue weighted by atomic mass is 9.81. The number of aromatic nitrogens is 2. The molecule has 2 heterocycles. The lowest BCUT2D eigenvalue weighted by molar-refractivity contribution is -0.159. The minimum Gasteiger partial charge on any atom is -0.382 e. The number of aliphatic hydroxyl groups is 1. The van der Waals surface area contributed by atoms with Crippen LogP contribution in [-0.4, -0.2) is 37.8 Å². The monoisotopic (exact) mass is 211 g/mol. The number of fused-ring (bicyclic) bond motifs is 3. The Bertz CT molecular complexity index is 394. The van der Waals surface area contributed by atoms with Gasteiger partial charge in [-0.15, -0.1) is 0 Å². The van der Waals surface area contributed by atoms with Gasteiger partial charge in [0.2, 0.25) is 0 Å². The van der Waals surface area contributed by atoms with Crippen LogP contribution in [0.4, 0.5) is 0 Å². The van der Waals surface area contributed by atoms with Gasteiger partial charge in [-0.1, -0.05) is 10.3 Å². The average molecular weight is 211 g/mol. The largest absolute Gasteiger partial charge is 0.382 e. The fourth-order valence-electron chi connectivity index (χ4n) is 2.80. The summed E-state index contributed by atoms with van der Waals surface area (Å²) in [5.74, 6) is 0.